The molecule has 0 aromatic heterocycles. The van der Waals surface area contributed by atoms with Crippen LogP contribution in [0.25, 0.3) is 0 Å². The van der Waals surface area contributed by atoms with Crippen LogP contribution in [-0.2, 0) is 32.6 Å². The normalized spacial score (nSPS) is 12.0. The molecule has 7 nitrogen and oxygen atoms in total. The molecule has 2 amide bonds. The van der Waals surface area contributed by atoms with Crippen LogP contribution in [0.1, 0.15) is 29.5 Å². The van der Waals surface area contributed by atoms with Crippen LogP contribution in [-0.4, -0.2) is 51.0 Å². The monoisotopic (exact) mass is 589 g/mol. The van der Waals surface area contributed by atoms with E-state index in [1.54, 1.807) is 49.2 Å². The average molecular weight is 591 g/mol. The van der Waals surface area contributed by atoms with Crippen molar-refractivity contribution in [3.63, 3.8) is 0 Å². The molecular formula is C29H33Cl2N3O4S. The first-order valence-electron chi connectivity index (χ1n) is 12.5. The zero-order chi connectivity index (χ0) is 28.6. The molecule has 0 saturated carbocycles. The first-order valence-corrected chi connectivity index (χ1v) is 15.1. The van der Waals surface area contributed by atoms with Crippen LogP contribution >= 0.6 is 23.2 Å². The van der Waals surface area contributed by atoms with E-state index in [4.69, 9.17) is 23.2 Å². The number of carbonyl (C=O) groups is 2. The van der Waals surface area contributed by atoms with Gasteiger partial charge in [-0.05, 0) is 54.3 Å². The van der Waals surface area contributed by atoms with Crippen LogP contribution in [0.5, 0.6) is 0 Å². The number of rotatable bonds is 12. The van der Waals surface area contributed by atoms with Gasteiger partial charge in [-0.15, -0.1) is 0 Å². The zero-order valence-electron chi connectivity index (χ0n) is 22.2. The molecule has 0 heterocycles. The van der Waals surface area contributed by atoms with Crippen molar-refractivity contribution in [3.8, 4) is 0 Å². The lowest BCUT2D eigenvalue weighted by molar-refractivity contribution is -0.141. The Bertz CT molecular complexity index is 1380. The number of hydrogen-bond acceptors (Lipinski definition) is 4. The predicted octanol–water partition coefficient (Wildman–Crippen LogP) is 5.23. The van der Waals surface area contributed by atoms with E-state index in [2.05, 4.69) is 5.32 Å². The van der Waals surface area contributed by atoms with Crippen LogP contribution in [0.3, 0.4) is 0 Å². The molecule has 0 fully saturated rings. The smallest absolute Gasteiger partial charge is 0.242 e. The number of hydrogen-bond donors (Lipinski definition) is 1. The van der Waals surface area contributed by atoms with Crippen molar-refractivity contribution in [2.45, 2.75) is 38.8 Å². The number of amides is 2. The van der Waals surface area contributed by atoms with E-state index in [1.165, 1.54) is 4.31 Å². The summed E-state index contributed by atoms with van der Waals surface area (Å²) in [6.45, 7) is 2.04. The summed E-state index contributed by atoms with van der Waals surface area (Å²) in [4.78, 5) is 28.3. The number of likely N-dealkylation sites (N-methyl/N-ethyl adjacent to an activating group) is 1. The molecule has 39 heavy (non-hydrogen) atoms. The zero-order valence-corrected chi connectivity index (χ0v) is 24.6. The maximum Gasteiger partial charge on any atom is 0.242 e. The fraction of sp³-hybridized carbons (Fsp3) is 0.310. The van der Waals surface area contributed by atoms with Crippen molar-refractivity contribution in [2.75, 3.05) is 24.2 Å². The van der Waals surface area contributed by atoms with Gasteiger partial charge in [0.25, 0.3) is 0 Å². The van der Waals surface area contributed by atoms with Crippen molar-refractivity contribution < 1.29 is 18.0 Å². The summed E-state index contributed by atoms with van der Waals surface area (Å²) in [6.07, 6.45) is 1.75. The Morgan fingerprint density at radius 1 is 0.923 bits per heavy atom. The molecule has 0 bridgehead atoms. The number of nitrogens with zero attached hydrogens (tertiary/aromatic N) is 2. The van der Waals surface area contributed by atoms with Crippen molar-refractivity contribution in [3.05, 3.63) is 99.5 Å². The quantitative estimate of drug-likeness (QED) is 0.313. The molecule has 1 atom stereocenters. The van der Waals surface area contributed by atoms with Crippen molar-refractivity contribution in [1.82, 2.24) is 10.2 Å². The Labute approximate surface area is 240 Å². The number of sulfonamides is 1. The highest BCUT2D eigenvalue weighted by Crippen LogP contribution is 2.28. The third-order valence-corrected chi connectivity index (χ3v) is 8.29. The van der Waals surface area contributed by atoms with Gasteiger partial charge in [0.15, 0.2) is 0 Å². The van der Waals surface area contributed by atoms with Crippen LogP contribution in [0.2, 0.25) is 10.0 Å². The number of halogens is 2. The van der Waals surface area contributed by atoms with E-state index in [-0.39, 0.29) is 37.7 Å². The predicted molar refractivity (Wildman–Crippen MR) is 158 cm³/mol. The van der Waals surface area contributed by atoms with Crippen LogP contribution in [0, 0.1) is 6.92 Å². The highest BCUT2D eigenvalue weighted by Gasteiger charge is 2.30. The second-order valence-electron chi connectivity index (χ2n) is 9.29. The van der Waals surface area contributed by atoms with E-state index < -0.39 is 16.1 Å². The van der Waals surface area contributed by atoms with Gasteiger partial charge in [-0.25, -0.2) is 8.42 Å². The summed E-state index contributed by atoms with van der Waals surface area (Å²) in [5, 5.41) is 3.72. The molecular weight excluding hydrogens is 557 g/mol. The van der Waals surface area contributed by atoms with E-state index in [0.717, 1.165) is 17.4 Å². The minimum absolute atomic E-state index is 0.0432. The molecule has 0 spiro atoms. The van der Waals surface area contributed by atoms with E-state index in [0.29, 0.717) is 27.7 Å². The molecule has 0 aliphatic heterocycles. The van der Waals surface area contributed by atoms with Crippen LogP contribution in [0.15, 0.2) is 72.8 Å². The molecule has 3 rings (SSSR count). The SMILES string of the molecule is CNC(=O)[C@H](Cc1ccccc1)N(Cc1ccc(Cl)cc1)C(=O)CCCN(c1cccc(Cl)c1C)S(C)(=O)=O. The van der Waals surface area contributed by atoms with Crippen molar-refractivity contribution in [2.24, 2.45) is 0 Å². The van der Waals surface area contributed by atoms with E-state index in [1.807, 2.05) is 42.5 Å². The van der Waals surface area contributed by atoms with Gasteiger partial charge in [0, 0.05) is 43.0 Å². The molecule has 0 aliphatic carbocycles. The fourth-order valence-electron chi connectivity index (χ4n) is 4.36. The fourth-order valence-corrected chi connectivity index (χ4v) is 5.67. The molecule has 0 saturated heterocycles. The molecule has 10 heteroatoms. The Balaban J connectivity index is 1.86. The standard InChI is InChI=1S/C29H33Cl2N3O4S/c1-21-25(31)11-7-12-26(21)34(39(3,37)38)18-8-13-28(35)33(20-23-14-16-24(30)17-15-23)27(29(36)32-2)19-22-9-5-4-6-10-22/h4-7,9-12,14-17,27H,8,13,18-20H2,1-3H3,(H,32,36)/t27-/m0/s1. The maximum absolute atomic E-state index is 13.7. The highest BCUT2D eigenvalue weighted by molar-refractivity contribution is 7.92. The number of nitrogens with one attached hydrogen (secondary N) is 1. The minimum atomic E-state index is -3.63. The summed E-state index contributed by atoms with van der Waals surface area (Å²) in [7, 11) is -2.09. The number of benzene rings is 3. The molecule has 0 aliphatic rings. The summed E-state index contributed by atoms with van der Waals surface area (Å²) in [6, 6.07) is 20.9. The van der Waals surface area contributed by atoms with Gasteiger partial charge in [0.1, 0.15) is 6.04 Å². The first-order chi connectivity index (χ1) is 18.5. The summed E-state index contributed by atoms with van der Waals surface area (Å²) >= 11 is 12.3. The van der Waals surface area contributed by atoms with E-state index >= 15 is 0 Å². The van der Waals surface area contributed by atoms with Crippen molar-refractivity contribution in [1.29, 1.82) is 0 Å². The Kier molecular flexibility index (Phi) is 10.8. The van der Waals surface area contributed by atoms with E-state index in [9.17, 15) is 18.0 Å². The Morgan fingerprint density at radius 3 is 2.21 bits per heavy atom. The lowest BCUT2D eigenvalue weighted by Gasteiger charge is -2.31. The number of anilines is 1. The third-order valence-electron chi connectivity index (χ3n) is 6.44. The van der Waals surface area contributed by atoms with Gasteiger partial charge in [0.05, 0.1) is 11.9 Å². The van der Waals surface area contributed by atoms with Gasteiger partial charge in [-0.1, -0.05) is 71.7 Å². The van der Waals surface area contributed by atoms with Gasteiger partial charge in [-0.2, -0.15) is 0 Å². The minimum Gasteiger partial charge on any atom is -0.357 e. The molecule has 3 aromatic rings. The Hall–Kier alpha value is -3.07. The molecule has 208 valence electrons. The maximum atomic E-state index is 13.7. The number of carbonyl (C=O) groups excluding carboxylic acids is 2. The topological polar surface area (TPSA) is 86.8 Å². The van der Waals surface area contributed by atoms with Gasteiger partial charge in [-0.3, -0.25) is 13.9 Å². The first kappa shape index (κ1) is 30.5. The lowest BCUT2D eigenvalue weighted by atomic mass is 10.0. The molecule has 1 N–H and O–H groups in total. The highest BCUT2D eigenvalue weighted by atomic mass is 35.5. The molecule has 0 radical (unpaired) electrons. The lowest BCUT2D eigenvalue weighted by Crippen LogP contribution is -2.49. The summed E-state index contributed by atoms with van der Waals surface area (Å²) < 4.78 is 26.5. The summed E-state index contributed by atoms with van der Waals surface area (Å²) in [5.41, 5.74) is 2.85. The van der Waals surface area contributed by atoms with Crippen LogP contribution < -0.4 is 9.62 Å². The van der Waals surface area contributed by atoms with Gasteiger partial charge < -0.3 is 10.2 Å². The van der Waals surface area contributed by atoms with Crippen LogP contribution in [0.4, 0.5) is 5.69 Å². The third kappa shape index (κ3) is 8.46. The summed E-state index contributed by atoms with van der Waals surface area (Å²) in [5.74, 6) is -0.542. The van der Waals surface area contributed by atoms with Gasteiger partial charge in [0.2, 0.25) is 21.8 Å². The van der Waals surface area contributed by atoms with Gasteiger partial charge >= 0.3 is 0 Å². The largest absolute Gasteiger partial charge is 0.357 e. The average Bonchev–Trinajstić information content (AvgIpc) is 2.91. The second-order valence-corrected chi connectivity index (χ2v) is 12.0. The molecule has 0 unspecified atom stereocenters. The Morgan fingerprint density at radius 2 is 1.59 bits per heavy atom. The second kappa shape index (κ2) is 13.8. The molecule has 3 aromatic carbocycles. The van der Waals surface area contributed by atoms with Crippen molar-refractivity contribution >= 4 is 50.7 Å².